The van der Waals surface area contributed by atoms with Gasteiger partial charge in [-0.2, -0.15) is 0 Å². The Bertz CT molecular complexity index is 350. The Hall–Kier alpha value is -1.35. The summed E-state index contributed by atoms with van der Waals surface area (Å²) < 4.78 is 5.74. The van der Waals surface area contributed by atoms with Crippen molar-refractivity contribution in [2.45, 2.75) is 38.4 Å². The van der Waals surface area contributed by atoms with Crippen LogP contribution in [0.15, 0.2) is 24.3 Å². The molecule has 0 atom stereocenters. The largest absolute Gasteiger partial charge is 0.478 e. The van der Waals surface area contributed by atoms with Crippen LogP contribution in [0.2, 0.25) is 0 Å². The zero-order chi connectivity index (χ0) is 11.4. The minimum atomic E-state index is -0.886. The molecule has 3 heteroatoms. The Balaban J connectivity index is 1.87. The van der Waals surface area contributed by atoms with Gasteiger partial charge in [-0.15, -0.1) is 0 Å². The third-order valence-corrected chi connectivity index (χ3v) is 2.99. The lowest BCUT2D eigenvalue weighted by Gasteiger charge is -2.10. The van der Waals surface area contributed by atoms with Crippen molar-refractivity contribution in [3.8, 4) is 0 Å². The van der Waals surface area contributed by atoms with Crippen LogP contribution in [0.5, 0.6) is 0 Å². The highest BCUT2D eigenvalue weighted by molar-refractivity contribution is 5.87. The molecule has 0 bridgehead atoms. The van der Waals surface area contributed by atoms with Crippen molar-refractivity contribution >= 4 is 5.97 Å². The molecule has 1 aliphatic rings. The third kappa shape index (κ3) is 2.83. The standard InChI is InChI=1S/C13H16O3/c14-13(15)11-7-5-10(6-8-11)9-16-12-3-1-2-4-12/h5-8,12H,1-4,9H2,(H,14,15). The highest BCUT2D eigenvalue weighted by atomic mass is 16.5. The first-order chi connectivity index (χ1) is 7.75. The Morgan fingerprint density at radius 3 is 2.44 bits per heavy atom. The van der Waals surface area contributed by atoms with Gasteiger partial charge in [-0.25, -0.2) is 4.79 Å². The van der Waals surface area contributed by atoms with E-state index < -0.39 is 5.97 Å². The molecular formula is C13H16O3. The molecule has 1 aliphatic carbocycles. The minimum Gasteiger partial charge on any atom is -0.478 e. The number of carboxylic acid groups (broad SMARTS) is 1. The fraction of sp³-hybridized carbons (Fsp3) is 0.462. The fourth-order valence-electron chi connectivity index (χ4n) is 2.01. The van der Waals surface area contributed by atoms with Crippen LogP contribution >= 0.6 is 0 Å². The summed E-state index contributed by atoms with van der Waals surface area (Å²) in [5.74, 6) is -0.886. The summed E-state index contributed by atoms with van der Waals surface area (Å²) in [6.07, 6.45) is 5.25. The van der Waals surface area contributed by atoms with Crippen molar-refractivity contribution in [3.63, 3.8) is 0 Å². The second-order valence-electron chi connectivity index (χ2n) is 4.22. The smallest absolute Gasteiger partial charge is 0.335 e. The Morgan fingerprint density at radius 2 is 1.88 bits per heavy atom. The van der Waals surface area contributed by atoms with E-state index in [1.54, 1.807) is 12.1 Å². The van der Waals surface area contributed by atoms with Crippen molar-refractivity contribution in [1.82, 2.24) is 0 Å². The van der Waals surface area contributed by atoms with E-state index in [4.69, 9.17) is 9.84 Å². The lowest BCUT2D eigenvalue weighted by atomic mass is 10.1. The van der Waals surface area contributed by atoms with E-state index in [9.17, 15) is 4.79 Å². The van der Waals surface area contributed by atoms with Gasteiger partial charge in [-0.1, -0.05) is 25.0 Å². The SMILES string of the molecule is O=C(O)c1ccc(COC2CCCC2)cc1. The molecule has 1 saturated carbocycles. The van der Waals surface area contributed by atoms with Crippen LogP contribution in [-0.4, -0.2) is 17.2 Å². The van der Waals surface area contributed by atoms with Crippen molar-refractivity contribution in [3.05, 3.63) is 35.4 Å². The fourth-order valence-corrected chi connectivity index (χ4v) is 2.01. The topological polar surface area (TPSA) is 46.5 Å². The van der Waals surface area contributed by atoms with Gasteiger partial charge in [0.05, 0.1) is 18.3 Å². The molecule has 3 nitrogen and oxygen atoms in total. The maximum atomic E-state index is 10.6. The first-order valence-corrected chi connectivity index (χ1v) is 5.69. The maximum absolute atomic E-state index is 10.6. The van der Waals surface area contributed by atoms with Gasteiger partial charge in [0.15, 0.2) is 0 Å². The van der Waals surface area contributed by atoms with Crippen LogP contribution < -0.4 is 0 Å². The maximum Gasteiger partial charge on any atom is 0.335 e. The highest BCUT2D eigenvalue weighted by Crippen LogP contribution is 2.22. The van der Waals surface area contributed by atoms with Gasteiger partial charge < -0.3 is 9.84 Å². The monoisotopic (exact) mass is 220 g/mol. The number of ether oxygens (including phenoxy) is 1. The number of rotatable bonds is 4. The van der Waals surface area contributed by atoms with E-state index >= 15 is 0 Å². The molecule has 1 aromatic carbocycles. The molecule has 1 aromatic rings. The second kappa shape index (κ2) is 5.12. The van der Waals surface area contributed by atoms with Crippen LogP contribution in [0.4, 0.5) is 0 Å². The van der Waals surface area contributed by atoms with Crippen molar-refractivity contribution in [2.75, 3.05) is 0 Å². The average molecular weight is 220 g/mol. The number of carboxylic acids is 1. The van der Waals surface area contributed by atoms with E-state index in [2.05, 4.69) is 0 Å². The Kier molecular flexibility index (Phi) is 3.57. The van der Waals surface area contributed by atoms with Crippen LogP contribution in [0.1, 0.15) is 41.6 Å². The van der Waals surface area contributed by atoms with Crippen LogP contribution in [-0.2, 0) is 11.3 Å². The van der Waals surface area contributed by atoms with Gasteiger partial charge in [0.2, 0.25) is 0 Å². The molecule has 16 heavy (non-hydrogen) atoms. The van der Waals surface area contributed by atoms with Gasteiger partial charge >= 0.3 is 5.97 Å². The molecule has 0 unspecified atom stereocenters. The summed E-state index contributed by atoms with van der Waals surface area (Å²) in [5, 5.41) is 8.75. The van der Waals surface area contributed by atoms with E-state index in [0.29, 0.717) is 18.3 Å². The van der Waals surface area contributed by atoms with Crippen molar-refractivity contribution in [2.24, 2.45) is 0 Å². The Morgan fingerprint density at radius 1 is 1.25 bits per heavy atom. The number of benzene rings is 1. The quantitative estimate of drug-likeness (QED) is 0.848. The molecule has 0 amide bonds. The lowest BCUT2D eigenvalue weighted by molar-refractivity contribution is 0.0456. The first kappa shape index (κ1) is 11.1. The molecule has 0 radical (unpaired) electrons. The minimum absolute atomic E-state index is 0.324. The van der Waals surface area contributed by atoms with Gasteiger partial charge in [0.1, 0.15) is 0 Å². The van der Waals surface area contributed by atoms with E-state index in [0.717, 1.165) is 18.4 Å². The molecule has 0 saturated heterocycles. The lowest BCUT2D eigenvalue weighted by Crippen LogP contribution is -2.07. The summed E-state index contributed by atoms with van der Waals surface area (Å²) in [4.78, 5) is 10.6. The molecule has 86 valence electrons. The normalized spacial score (nSPS) is 16.5. The van der Waals surface area contributed by atoms with Crippen molar-refractivity contribution < 1.29 is 14.6 Å². The number of hydrogen-bond acceptors (Lipinski definition) is 2. The summed E-state index contributed by atoms with van der Waals surface area (Å²) >= 11 is 0. The predicted octanol–water partition coefficient (Wildman–Crippen LogP) is 2.84. The zero-order valence-corrected chi connectivity index (χ0v) is 9.19. The highest BCUT2D eigenvalue weighted by Gasteiger charge is 2.15. The number of carbonyl (C=O) groups is 1. The molecule has 0 heterocycles. The summed E-state index contributed by atoms with van der Waals surface area (Å²) in [7, 11) is 0. The summed E-state index contributed by atoms with van der Waals surface area (Å²) in [6.45, 7) is 0.588. The van der Waals surface area contributed by atoms with Gasteiger partial charge in [-0.3, -0.25) is 0 Å². The Labute approximate surface area is 95.0 Å². The van der Waals surface area contributed by atoms with Crippen LogP contribution in [0, 0.1) is 0 Å². The van der Waals surface area contributed by atoms with Gasteiger partial charge in [0.25, 0.3) is 0 Å². The van der Waals surface area contributed by atoms with Crippen molar-refractivity contribution in [1.29, 1.82) is 0 Å². The summed E-state index contributed by atoms with van der Waals surface area (Å²) in [5.41, 5.74) is 1.36. The van der Waals surface area contributed by atoms with Gasteiger partial charge in [-0.05, 0) is 30.5 Å². The molecule has 0 aliphatic heterocycles. The molecule has 0 spiro atoms. The molecule has 1 fully saturated rings. The second-order valence-corrected chi connectivity index (χ2v) is 4.22. The van der Waals surface area contributed by atoms with E-state index in [-0.39, 0.29) is 0 Å². The van der Waals surface area contributed by atoms with Gasteiger partial charge in [0, 0.05) is 0 Å². The molecule has 1 N–H and O–H groups in total. The summed E-state index contributed by atoms with van der Waals surface area (Å²) in [6, 6.07) is 6.88. The van der Waals surface area contributed by atoms with E-state index in [1.165, 1.54) is 12.8 Å². The average Bonchev–Trinajstić information content (AvgIpc) is 2.80. The zero-order valence-electron chi connectivity index (χ0n) is 9.19. The number of aromatic carboxylic acids is 1. The molecule has 2 rings (SSSR count). The van der Waals surface area contributed by atoms with Crippen LogP contribution in [0.25, 0.3) is 0 Å². The third-order valence-electron chi connectivity index (χ3n) is 2.99. The predicted molar refractivity (Wildman–Crippen MR) is 60.4 cm³/mol. The molecular weight excluding hydrogens is 204 g/mol. The molecule has 0 aromatic heterocycles. The number of hydrogen-bond donors (Lipinski definition) is 1. The van der Waals surface area contributed by atoms with Crippen LogP contribution in [0.3, 0.4) is 0 Å². The first-order valence-electron chi connectivity index (χ1n) is 5.69. The van der Waals surface area contributed by atoms with E-state index in [1.807, 2.05) is 12.1 Å².